The van der Waals surface area contributed by atoms with Crippen molar-refractivity contribution in [3.05, 3.63) is 0 Å². The first kappa shape index (κ1) is 16.9. The van der Waals surface area contributed by atoms with E-state index < -0.39 is 23.9 Å². The Kier molecular flexibility index (Phi) is 7.19. The molecule has 0 saturated carbocycles. The van der Waals surface area contributed by atoms with E-state index in [4.69, 9.17) is 11.0 Å². The van der Waals surface area contributed by atoms with Crippen molar-refractivity contribution in [1.82, 2.24) is 10.6 Å². The summed E-state index contributed by atoms with van der Waals surface area (Å²) in [6.45, 7) is 4.85. The highest BCUT2D eigenvalue weighted by molar-refractivity contribution is 5.91. The minimum atomic E-state index is -0.901. The molecule has 0 aromatic heterocycles. The molecule has 0 bridgehead atoms. The Labute approximate surface area is 112 Å². The molecule has 0 aromatic rings. The van der Waals surface area contributed by atoms with Crippen LogP contribution in [0.4, 0.5) is 0 Å². The Morgan fingerprint density at radius 1 is 1.26 bits per heavy atom. The molecule has 7 heteroatoms. The first-order valence-corrected chi connectivity index (χ1v) is 6.03. The number of nitrogens with two attached hydrogens (primary N) is 1. The third-order valence-electron chi connectivity index (χ3n) is 2.51. The van der Waals surface area contributed by atoms with Crippen molar-refractivity contribution in [3.8, 4) is 6.07 Å². The number of hydrogen-bond donors (Lipinski definition) is 3. The van der Waals surface area contributed by atoms with Crippen LogP contribution in [0.1, 0.15) is 33.6 Å². The van der Waals surface area contributed by atoms with Crippen molar-refractivity contribution in [1.29, 1.82) is 5.26 Å². The molecule has 0 radical (unpaired) electrons. The fourth-order valence-corrected chi connectivity index (χ4v) is 1.51. The second kappa shape index (κ2) is 8.08. The van der Waals surface area contributed by atoms with Crippen molar-refractivity contribution in [2.24, 2.45) is 11.7 Å². The van der Waals surface area contributed by atoms with E-state index in [0.29, 0.717) is 0 Å². The number of carbonyl (C=O) groups excluding carboxylic acids is 3. The van der Waals surface area contributed by atoms with Gasteiger partial charge < -0.3 is 16.4 Å². The maximum atomic E-state index is 12.0. The van der Waals surface area contributed by atoms with Crippen molar-refractivity contribution >= 4 is 17.7 Å². The molecule has 0 aliphatic rings. The van der Waals surface area contributed by atoms with Gasteiger partial charge in [0, 0.05) is 13.3 Å². The van der Waals surface area contributed by atoms with Crippen LogP contribution in [0.25, 0.3) is 0 Å². The summed E-state index contributed by atoms with van der Waals surface area (Å²) >= 11 is 0. The smallest absolute Gasteiger partial charge is 0.243 e. The Bertz CT molecular complexity index is 387. The molecular weight excluding hydrogens is 248 g/mol. The first-order chi connectivity index (χ1) is 8.79. The molecule has 7 nitrogen and oxygen atoms in total. The van der Waals surface area contributed by atoms with E-state index in [2.05, 4.69) is 10.6 Å². The van der Waals surface area contributed by atoms with Crippen LogP contribution in [0.5, 0.6) is 0 Å². The van der Waals surface area contributed by atoms with Gasteiger partial charge in [-0.2, -0.15) is 5.26 Å². The fourth-order valence-electron chi connectivity index (χ4n) is 1.51. The largest absolute Gasteiger partial charge is 0.368 e. The third kappa shape index (κ3) is 6.41. The molecule has 0 aliphatic heterocycles. The SMILES string of the molecule is CC(=O)N[C@@H](C(=O)N[C@H](CCC#N)C(N)=O)C(C)C. The lowest BCUT2D eigenvalue weighted by molar-refractivity contribution is -0.131. The fraction of sp³-hybridized carbons (Fsp3) is 0.667. The Morgan fingerprint density at radius 3 is 2.21 bits per heavy atom. The van der Waals surface area contributed by atoms with Crippen molar-refractivity contribution in [3.63, 3.8) is 0 Å². The molecule has 3 amide bonds. The first-order valence-electron chi connectivity index (χ1n) is 6.03. The molecule has 19 heavy (non-hydrogen) atoms. The van der Waals surface area contributed by atoms with Crippen LogP contribution in [0, 0.1) is 17.2 Å². The molecule has 0 spiro atoms. The van der Waals surface area contributed by atoms with Crippen LogP contribution >= 0.6 is 0 Å². The van der Waals surface area contributed by atoms with Crippen LogP contribution in [0.15, 0.2) is 0 Å². The number of amides is 3. The predicted octanol–water partition coefficient (Wildman–Crippen LogP) is -0.579. The number of primary amides is 1. The Hall–Kier alpha value is -2.10. The highest BCUT2D eigenvalue weighted by atomic mass is 16.2. The van der Waals surface area contributed by atoms with E-state index in [1.807, 2.05) is 6.07 Å². The molecule has 4 N–H and O–H groups in total. The standard InChI is InChI=1S/C12H20N4O3/c1-7(2)10(15-8(3)17)12(19)16-9(11(14)18)5-4-6-13/h7,9-10H,4-5H2,1-3H3,(H2,14,18)(H,15,17)(H,16,19)/t9-,10-/m1/s1. The molecular formula is C12H20N4O3. The molecule has 0 heterocycles. The van der Waals surface area contributed by atoms with Crippen LogP contribution < -0.4 is 16.4 Å². The number of hydrogen-bond acceptors (Lipinski definition) is 4. The highest BCUT2D eigenvalue weighted by Crippen LogP contribution is 2.04. The van der Waals surface area contributed by atoms with Crippen LogP contribution in [0.2, 0.25) is 0 Å². The van der Waals surface area contributed by atoms with Gasteiger partial charge in [-0.05, 0) is 12.3 Å². The zero-order valence-corrected chi connectivity index (χ0v) is 11.4. The molecule has 2 atom stereocenters. The molecule has 0 fully saturated rings. The quantitative estimate of drug-likeness (QED) is 0.571. The predicted molar refractivity (Wildman–Crippen MR) is 68.4 cm³/mol. The minimum Gasteiger partial charge on any atom is -0.368 e. The summed E-state index contributed by atoms with van der Waals surface area (Å²) in [6.07, 6.45) is 0.267. The van der Waals surface area contributed by atoms with E-state index in [1.54, 1.807) is 13.8 Å². The molecule has 0 saturated heterocycles. The minimum absolute atomic E-state index is 0.111. The van der Waals surface area contributed by atoms with Gasteiger partial charge in [0.1, 0.15) is 12.1 Å². The molecule has 106 valence electrons. The van der Waals surface area contributed by atoms with Gasteiger partial charge in [-0.3, -0.25) is 14.4 Å². The topological polar surface area (TPSA) is 125 Å². The molecule has 0 aliphatic carbocycles. The summed E-state index contributed by atoms with van der Waals surface area (Å²) in [5.41, 5.74) is 5.15. The maximum absolute atomic E-state index is 12.0. The average Bonchev–Trinajstić information content (AvgIpc) is 2.30. The van der Waals surface area contributed by atoms with Gasteiger partial charge >= 0.3 is 0 Å². The normalized spacial score (nSPS) is 13.2. The van der Waals surface area contributed by atoms with Gasteiger partial charge in [0.15, 0.2) is 0 Å². The number of carbonyl (C=O) groups is 3. The van der Waals surface area contributed by atoms with E-state index in [9.17, 15) is 14.4 Å². The van der Waals surface area contributed by atoms with E-state index >= 15 is 0 Å². The lowest BCUT2D eigenvalue weighted by atomic mass is 10.0. The number of nitrogens with one attached hydrogen (secondary N) is 2. The zero-order chi connectivity index (χ0) is 15.0. The average molecular weight is 268 g/mol. The van der Waals surface area contributed by atoms with Crippen LogP contribution in [-0.4, -0.2) is 29.8 Å². The van der Waals surface area contributed by atoms with Gasteiger partial charge in [0.05, 0.1) is 6.07 Å². The molecule has 0 aromatic carbocycles. The van der Waals surface area contributed by atoms with E-state index in [1.165, 1.54) is 6.92 Å². The lowest BCUT2D eigenvalue weighted by Crippen LogP contribution is -2.54. The Balaban J connectivity index is 4.71. The van der Waals surface area contributed by atoms with Crippen molar-refractivity contribution in [2.45, 2.75) is 45.7 Å². The highest BCUT2D eigenvalue weighted by Gasteiger charge is 2.26. The number of rotatable bonds is 7. The van der Waals surface area contributed by atoms with Crippen LogP contribution in [0.3, 0.4) is 0 Å². The van der Waals surface area contributed by atoms with Gasteiger partial charge in [-0.15, -0.1) is 0 Å². The zero-order valence-electron chi connectivity index (χ0n) is 11.4. The van der Waals surface area contributed by atoms with Gasteiger partial charge in [0.2, 0.25) is 17.7 Å². The Morgan fingerprint density at radius 2 is 1.84 bits per heavy atom. The monoisotopic (exact) mass is 268 g/mol. The summed E-state index contributed by atoms with van der Waals surface area (Å²) in [4.78, 5) is 34.2. The summed E-state index contributed by atoms with van der Waals surface area (Å²) < 4.78 is 0. The summed E-state index contributed by atoms with van der Waals surface area (Å²) in [5, 5.41) is 13.4. The van der Waals surface area contributed by atoms with Crippen molar-refractivity contribution in [2.75, 3.05) is 0 Å². The number of nitriles is 1. The summed E-state index contributed by atoms with van der Waals surface area (Å²) in [6, 6.07) is 0.246. The second-order valence-corrected chi connectivity index (χ2v) is 4.58. The van der Waals surface area contributed by atoms with E-state index in [-0.39, 0.29) is 24.7 Å². The van der Waals surface area contributed by atoms with Crippen LogP contribution in [-0.2, 0) is 14.4 Å². The third-order valence-corrected chi connectivity index (χ3v) is 2.51. The molecule has 0 rings (SSSR count). The molecule has 0 unspecified atom stereocenters. The van der Waals surface area contributed by atoms with Gasteiger partial charge in [-0.25, -0.2) is 0 Å². The summed E-state index contributed by atoms with van der Waals surface area (Å²) in [7, 11) is 0. The van der Waals surface area contributed by atoms with Gasteiger partial charge in [0.25, 0.3) is 0 Å². The van der Waals surface area contributed by atoms with Gasteiger partial charge in [-0.1, -0.05) is 13.8 Å². The summed E-state index contributed by atoms with van der Waals surface area (Å²) in [5.74, 6) is -1.64. The number of nitrogens with zero attached hydrogens (tertiary/aromatic N) is 1. The lowest BCUT2D eigenvalue weighted by Gasteiger charge is -2.23. The van der Waals surface area contributed by atoms with Crippen molar-refractivity contribution < 1.29 is 14.4 Å². The van der Waals surface area contributed by atoms with E-state index in [0.717, 1.165) is 0 Å². The maximum Gasteiger partial charge on any atom is 0.243 e. The second-order valence-electron chi connectivity index (χ2n) is 4.58.